The lowest BCUT2D eigenvalue weighted by atomic mass is 10.1. The van der Waals surface area contributed by atoms with Crippen LogP contribution in [0.3, 0.4) is 0 Å². The lowest BCUT2D eigenvalue weighted by molar-refractivity contribution is 0.0951. The number of carbonyl (C=O) groups is 1. The maximum Gasteiger partial charge on any atom is 0.251 e. The summed E-state index contributed by atoms with van der Waals surface area (Å²) in [7, 11) is 1.60. The monoisotopic (exact) mass is 309 g/mol. The van der Waals surface area contributed by atoms with Crippen molar-refractivity contribution in [3.05, 3.63) is 65.2 Å². The molecule has 0 aliphatic carbocycles. The second-order valence-electron chi connectivity index (χ2n) is 5.27. The van der Waals surface area contributed by atoms with Crippen LogP contribution in [0.15, 0.2) is 53.5 Å². The van der Waals surface area contributed by atoms with Gasteiger partial charge >= 0.3 is 0 Å². The lowest BCUT2D eigenvalue weighted by Crippen LogP contribution is -2.23. The lowest BCUT2D eigenvalue weighted by Gasteiger charge is -2.08. The number of carbonyl (C=O) groups excluding carboxylic acids is 1. The van der Waals surface area contributed by atoms with E-state index in [1.54, 1.807) is 31.4 Å². The second kappa shape index (κ2) is 6.96. The van der Waals surface area contributed by atoms with Gasteiger partial charge in [-0.2, -0.15) is 0 Å². The van der Waals surface area contributed by atoms with Crippen LogP contribution in [-0.4, -0.2) is 31.9 Å². The third-order valence-corrected chi connectivity index (χ3v) is 3.68. The number of hydrogen-bond acceptors (Lipinski definition) is 4. The maximum absolute atomic E-state index is 12.2. The van der Waals surface area contributed by atoms with Crippen molar-refractivity contribution in [2.45, 2.75) is 6.54 Å². The normalized spacial score (nSPS) is 13.2. The fourth-order valence-electron chi connectivity index (χ4n) is 2.45. The van der Waals surface area contributed by atoms with Crippen molar-refractivity contribution in [1.82, 2.24) is 10.6 Å². The summed E-state index contributed by atoms with van der Waals surface area (Å²) in [5.41, 5.74) is 2.71. The number of amides is 1. The summed E-state index contributed by atoms with van der Waals surface area (Å²) in [6.45, 7) is 2.17. The van der Waals surface area contributed by atoms with Crippen LogP contribution in [0, 0.1) is 0 Å². The topological polar surface area (TPSA) is 62.7 Å². The molecule has 1 heterocycles. The molecule has 2 N–H and O–H groups in total. The highest BCUT2D eigenvalue weighted by Crippen LogP contribution is 2.12. The highest BCUT2D eigenvalue weighted by molar-refractivity contribution is 6.00. The first-order valence-corrected chi connectivity index (χ1v) is 7.56. The van der Waals surface area contributed by atoms with Crippen molar-refractivity contribution in [3.8, 4) is 5.75 Å². The molecule has 1 aliphatic rings. The number of methoxy groups -OCH3 is 1. The molecule has 1 amide bonds. The molecule has 0 bridgehead atoms. The van der Waals surface area contributed by atoms with Gasteiger partial charge in [0.25, 0.3) is 5.91 Å². The predicted molar refractivity (Wildman–Crippen MR) is 90.0 cm³/mol. The third kappa shape index (κ3) is 3.69. The number of hydrogen-bond donors (Lipinski definition) is 2. The summed E-state index contributed by atoms with van der Waals surface area (Å²) in [6, 6.07) is 15.1. The Morgan fingerprint density at radius 2 is 2.09 bits per heavy atom. The summed E-state index contributed by atoms with van der Waals surface area (Å²) in [6.07, 6.45) is 0. The number of ether oxygens (including phenoxy) is 1. The van der Waals surface area contributed by atoms with E-state index in [9.17, 15) is 4.79 Å². The van der Waals surface area contributed by atoms with Crippen LogP contribution in [-0.2, 0) is 6.54 Å². The molecule has 2 aromatic carbocycles. The molecule has 0 radical (unpaired) electrons. The van der Waals surface area contributed by atoms with Crippen LogP contribution in [0.25, 0.3) is 0 Å². The molecule has 0 atom stereocenters. The molecule has 3 rings (SSSR count). The van der Waals surface area contributed by atoms with Crippen LogP contribution in [0.1, 0.15) is 21.5 Å². The van der Waals surface area contributed by atoms with Gasteiger partial charge in [0.1, 0.15) is 11.6 Å². The molecular formula is C18H19N3O2. The third-order valence-electron chi connectivity index (χ3n) is 3.68. The zero-order valence-electron chi connectivity index (χ0n) is 13.0. The van der Waals surface area contributed by atoms with E-state index in [-0.39, 0.29) is 5.91 Å². The highest BCUT2D eigenvalue weighted by Gasteiger charge is 2.09. The van der Waals surface area contributed by atoms with E-state index in [1.165, 1.54) is 0 Å². The van der Waals surface area contributed by atoms with Gasteiger partial charge in [0.15, 0.2) is 0 Å². The molecule has 0 aromatic heterocycles. The van der Waals surface area contributed by atoms with E-state index in [1.807, 2.05) is 24.3 Å². The van der Waals surface area contributed by atoms with Crippen molar-refractivity contribution >= 4 is 11.7 Å². The number of benzene rings is 2. The second-order valence-corrected chi connectivity index (χ2v) is 5.27. The Bertz CT molecular complexity index is 723. The maximum atomic E-state index is 12.2. The predicted octanol–water partition coefficient (Wildman–Crippen LogP) is 1.98. The quantitative estimate of drug-likeness (QED) is 0.887. The van der Waals surface area contributed by atoms with Crippen LogP contribution >= 0.6 is 0 Å². The van der Waals surface area contributed by atoms with Gasteiger partial charge in [0, 0.05) is 24.2 Å². The van der Waals surface area contributed by atoms with Gasteiger partial charge in [-0.25, -0.2) is 0 Å². The number of nitrogens with one attached hydrogen (secondary N) is 2. The summed E-state index contributed by atoms with van der Waals surface area (Å²) in [5.74, 6) is 1.56. The number of amidine groups is 1. The van der Waals surface area contributed by atoms with E-state index in [0.29, 0.717) is 12.1 Å². The molecule has 118 valence electrons. The van der Waals surface area contributed by atoms with E-state index in [2.05, 4.69) is 15.6 Å². The summed E-state index contributed by atoms with van der Waals surface area (Å²) in [4.78, 5) is 16.6. The van der Waals surface area contributed by atoms with Gasteiger partial charge in [-0.05, 0) is 35.9 Å². The molecule has 0 saturated heterocycles. The van der Waals surface area contributed by atoms with Gasteiger partial charge in [0.2, 0.25) is 0 Å². The minimum atomic E-state index is -0.102. The van der Waals surface area contributed by atoms with Crippen LogP contribution < -0.4 is 15.4 Å². The van der Waals surface area contributed by atoms with Crippen molar-refractivity contribution in [2.75, 3.05) is 20.2 Å². The van der Waals surface area contributed by atoms with Gasteiger partial charge in [-0.15, -0.1) is 0 Å². The average Bonchev–Trinajstić information content (AvgIpc) is 3.15. The van der Waals surface area contributed by atoms with Crippen molar-refractivity contribution < 1.29 is 9.53 Å². The number of rotatable bonds is 5. The molecule has 0 fully saturated rings. The Labute approximate surface area is 135 Å². The fourth-order valence-corrected chi connectivity index (χ4v) is 2.45. The minimum Gasteiger partial charge on any atom is -0.497 e. The minimum absolute atomic E-state index is 0.102. The standard InChI is InChI=1S/C18H19N3O2/c1-23-16-7-5-14(6-8-16)18(22)21-12-13-3-2-4-15(11-13)17-19-9-10-20-17/h2-8,11H,9-10,12H2,1H3,(H,19,20)(H,21,22). The number of nitrogens with zero attached hydrogens (tertiary/aromatic N) is 1. The van der Waals surface area contributed by atoms with E-state index in [4.69, 9.17) is 4.74 Å². The summed E-state index contributed by atoms with van der Waals surface area (Å²) in [5, 5.41) is 6.18. The Morgan fingerprint density at radius 1 is 1.26 bits per heavy atom. The first kappa shape index (κ1) is 15.1. The molecule has 5 heteroatoms. The molecule has 0 unspecified atom stereocenters. The molecule has 0 spiro atoms. The van der Waals surface area contributed by atoms with Crippen molar-refractivity contribution in [2.24, 2.45) is 4.99 Å². The van der Waals surface area contributed by atoms with Crippen LogP contribution in [0.5, 0.6) is 5.75 Å². The largest absolute Gasteiger partial charge is 0.497 e. The van der Waals surface area contributed by atoms with Gasteiger partial charge < -0.3 is 15.4 Å². The summed E-state index contributed by atoms with van der Waals surface area (Å²) < 4.78 is 5.09. The first-order valence-electron chi connectivity index (χ1n) is 7.56. The SMILES string of the molecule is COc1ccc(C(=O)NCc2cccc(C3=NCCN3)c2)cc1. The van der Waals surface area contributed by atoms with Gasteiger partial charge in [0.05, 0.1) is 13.7 Å². The highest BCUT2D eigenvalue weighted by atomic mass is 16.5. The zero-order valence-corrected chi connectivity index (χ0v) is 13.0. The van der Waals surface area contributed by atoms with Gasteiger partial charge in [-0.3, -0.25) is 9.79 Å². The van der Waals surface area contributed by atoms with Crippen molar-refractivity contribution in [3.63, 3.8) is 0 Å². The first-order chi connectivity index (χ1) is 11.3. The van der Waals surface area contributed by atoms with Crippen LogP contribution in [0.4, 0.5) is 0 Å². The Balaban J connectivity index is 1.63. The fraction of sp³-hybridized carbons (Fsp3) is 0.222. The Kier molecular flexibility index (Phi) is 4.57. The summed E-state index contributed by atoms with van der Waals surface area (Å²) >= 11 is 0. The van der Waals surface area contributed by atoms with E-state index >= 15 is 0 Å². The molecule has 2 aromatic rings. The van der Waals surface area contributed by atoms with E-state index < -0.39 is 0 Å². The van der Waals surface area contributed by atoms with E-state index in [0.717, 1.165) is 35.8 Å². The molecule has 1 aliphatic heterocycles. The smallest absolute Gasteiger partial charge is 0.251 e. The molecular weight excluding hydrogens is 290 g/mol. The zero-order chi connectivity index (χ0) is 16.1. The Hall–Kier alpha value is -2.82. The van der Waals surface area contributed by atoms with Gasteiger partial charge in [-0.1, -0.05) is 18.2 Å². The number of aliphatic imine (C=N–C) groups is 1. The molecule has 5 nitrogen and oxygen atoms in total. The molecule has 0 saturated carbocycles. The molecule has 23 heavy (non-hydrogen) atoms. The van der Waals surface area contributed by atoms with Crippen molar-refractivity contribution in [1.29, 1.82) is 0 Å². The average molecular weight is 309 g/mol. The Morgan fingerprint density at radius 3 is 2.78 bits per heavy atom. The van der Waals surface area contributed by atoms with Crippen LogP contribution in [0.2, 0.25) is 0 Å².